The van der Waals surface area contributed by atoms with E-state index in [-0.39, 0.29) is 18.1 Å². The zero-order valence-electron chi connectivity index (χ0n) is 16.9. The topological polar surface area (TPSA) is 51.2 Å². The molecule has 1 aromatic rings. The van der Waals surface area contributed by atoms with Gasteiger partial charge in [0.1, 0.15) is 0 Å². The van der Waals surface area contributed by atoms with E-state index in [9.17, 15) is 4.79 Å². The number of rotatable bonds is 6. The first-order chi connectivity index (χ1) is 13.0. The van der Waals surface area contributed by atoms with Crippen LogP contribution >= 0.6 is 0 Å². The van der Waals surface area contributed by atoms with Crippen LogP contribution in [0.15, 0.2) is 18.2 Å². The monoisotopic (exact) mass is 376 g/mol. The molecule has 0 bridgehead atoms. The molecule has 6 heteroatoms. The number of morpholine rings is 1. The highest BCUT2D eigenvalue weighted by molar-refractivity contribution is 5.79. The van der Waals surface area contributed by atoms with Gasteiger partial charge in [-0.3, -0.25) is 9.69 Å². The molecule has 1 amide bonds. The molecule has 0 aromatic heterocycles. The van der Waals surface area contributed by atoms with E-state index in [1.54, 1.807) is 14.2 Å². The van der Waals surface area contributed by atoms with Crippen molar-refractivity contribution in [2.24, 2.45) is 0 Å². The molecule has 0 N–H and O–H groups in total. The fourth-order valence-electron chi connectivity index (χ4n) is 4.35. The number of ether oxygens (including phenoxy) is 3. The van der Waals surface area contributed by atoms with Gasteiger partial charge in [-0.15, -0.1) is 0 Å². The van der Waals surface area contributed by atoms with Crippen molar-refractivity contribution in [2.75, 3.05) is 40.4 Å². The first-order valence-electron chi connectivity index (χ1n) is 9.88. The van der Waals surface area contributed by atoms with E-state index < -0.39 is 0 Å². The predicted molar refractivity (Wildman–Crippen MR) is 104 cm³/mol. The summed E-state index contributed by atoms with van der Waals surface area (Å²) in [5.74, 6) is 1.54. The fourth-order valence-corrected chi connectivity index (χ4v) is 4.35. The van der Waals surface area contributed by atoms with Crippen LogP contribution in [0.2, 0.25) is 0 Å². The summed E-state index contributed by atoms with van der Waals surface area (Å²) in [4.78, 5) is 17.5. The van der Waals surface area contributed by atoms with Crippen molar-refractivity contribution in [1.82, 2.24) is 9.80 Å². The van der Waals surface area contributed by atoms with Gasteiger partial charge in [-0.25, -0.2) is 0 Å². The van der Waals surface area contributed by atoms with Crippen molar-refractivity contribution in [2.45, 2.75) is 51.4 Å². The number of nitrogens with zero attached hydrogens (tertiary/aromatic N) is 2. The van der Waals surface area contributed by atoms with Gasteiger partial charge < -0.3 is 19.1 Å². The van der Waals surface area contributed by atoms with Gasteiger partial charge in [0.2, 0.25) is 5.91 Å². The van der Waals surface area contributed by atoms with Crippen LogP contribution in [0.25, 0.3) is 0 Å². The molecule has 2 aliphatic heterocycles. The smallest absolute Gasteiger partial charge is 0.227 e. The molecule has 3 atom stereocenters. The molecule has 2 aliphatic rings. The van der Waals surface area contributed by atoms with E-state index in [0.29, 0.717) is 24.0 Å². The average molecular weight is 376 g/mol. The minimum atomic E-state index is 0.194. The van der Waals surface area contributed by atoms with E-state index in [0.717, 1.165) is 44.6 Å². The van der Waals surface area contributed by atoms with Crippen molar-refractivity contribution in [3.05, 3.63) is 23.8 Å². The van der Waals surface area contributed by atoms with E-state index >= 15 is 0 Å². The third-order valence-electron chi connectivity index (χ3n) is 5.46. The molecule has 6 nitrogen and oxygen atoms in total. The fraction of sp³-hybridized carbons (Fsp3) is 0.667. The second-order valence-corrected chi connectivity index (χ2v) is 7.73. The van der Waals surface area contributed by atoms with Crippen molar-refractivity contribution >= 4 is 5.91 Å². The summed E-state index contributed by atoms with van der Waals surface area (Å²) < 4.78 is 16.5. The lowest BCUT2D eigenvalue weighted by Crippen LogP contribution is -2.51. The zero-order valence-corrected chi connectivity index (χ0v) is 16.9. The van der Waals surface area contributed by atoms with E-state index in [1.165, 1.54) is 0 Å². The molecule has 0 saturated carbocycles. The zero-order chi connectivity index (χ0) is 19.4. The first kappa shape index (κ1) is 20.0. The molecule has 27 heavy (non-hydrogen) atoms. The number of amides is 1. The summed E-state index contributed by atoms with van der Waals surface area (Å²) >= 11 is 0. The Hall–Kier alpha value is -1.79. The number of benzene rings is 1. The van der Waals surface area contributed by atoms with Crippen LogP contribution in [-0.2, 0) is 16.0 Å². The Labute approximate surface area is 162 Å². The quantitative estimate of drug-likeness (QED) is 0.763. The van der Waals surface area contributed by atoms with Gasteiger partial charge in [0, 0.05) is 32.2 Å². The van der Waals surface area contributed by atoms with Crippen LogP contribution in [0.1, 0.15) is 32.3 Å². The number of carbonyl (C=O) groups excluding carboxylic acids is 1. The summed E-state index contributed by atoms with van der Waals surface area (Å²) in [6.45, 7) is 7.92. The maximum absolute atomic E-state index is 13.0. The molecule has 0 spiro atoms. The van der Waals surface area contributed by atoms with Gasteiger partial charge >= 0.3 is 0 Å². The molecule has 2 saturated heterocycles. The third-order valence-corrected chi connectivity index (χ3v) is 5.46. The lowest BCUT2D eigenvalue weighted by molar-refractivity contribution is -0.132. The molecule has 1 aromatic carbocycles. The van der Waals surface area contributed by atoms with E-state index in [1.807, 2.05) is 18.2 Å². The molecule has 2 heterocycles. The summed E-state index contributed by atoms with van der Waals surface area (Å²) in [6, 6.07) is 6.00. The Morgan fingerprint density at radius 2 is 1.85 bits per heavy atom. The first-order valence-corrected chi connectivity index (χ1v) is 9.88. The van der Waals surface area contributed by atoms with Crippen molar-refractivity contribution < 1.29 is 19.0 Å². The molecular weight excluding hydrogens is 344 g/mol. The maximum Gasteiger partial charge on any atom is 0.227 e. The van der Waals surface area contributed by atoms with Gasteiger partial charge in [0.25, 0.3) is 0 Å². The minimum Gasteiger partial charge on any atom is -0.493 e. The molecule has 2 fully saturated rings. The largest absolute Gasteiger partial charge is 0.493 e. The number of hydrogen-bond donors (Lipinski definition) is 0. The lowest BCUT2D eigenvalue weighted by atomic mass is 10.1. The van der Waals surface area contributed by atoms with Crippen LogP contribution in [0.4, 0.5) is 0 Å². The Bertz CT molecular complexity index is 641. The second-order valence-electron chi connectivity index (χ2n) is 7.73. The molecule has 0 aliphatic carbocycles. The van der Waals surface area contributed by atoms with Crippen molar-refractivity contribution in [1.29, 1.82) is 0 Å². The number of likely N-dealkylation sites (tertiary alicyclic amines) is 1. The molecule has 3 rings (SSSR count). The van der Waals surface area contributed by atoms with Crippen molar-refractivity contribution in [3.63, 3.8) is 0 Å². The lowest BCUT2D eigenvalue weighted by Gasteiger charge is -2.38. The Balaban J connectivity index is 1.62. The number of hydrogen-bond acceptors (Lipinski definition) is 5. The molecule has 150 valence electrons. The van der Waals surface area contributed by atoms with Crippen LogP contribution < -0.4 is 9.47 Å². The van der Waals surface area contributed by atoms with E-state index in [2.05, 4.69) is 23.6 Å². The third kappa shape index (κ3) is 4.93. The van der Waals surface area contributed by atoms with Gasteiger partial charge in [0.15, 0.2) is 11.5 Å². The van der Waals surface area contributed by atoms with E-state index in [4.69, 9.17) is 14.2 Å². The summed E-state index contributed by atoms with van der Waals surface area (Å²) in [5.41, 5.74) is 0.955. The van der Waals surface area contributed by atoms with Crippen molar-refractivity contribution in [3.8, 4) is 11.5 Å². The predicted octanol–water partition coefficient (Wildman–Crippen LogP) is 2.35. The normalized spacial score (nSPS) is 26.2. The summed E-state index contributed by atoms with van der Waals surface area (Å²) in [5, 5.41) is 0. The Morgan fingerprint density at radius 3 is 2.52 bits per heavy atom. The van der Waals surface area contributed by atoms with Crippen LogP contribution in [0.5, 0.6) is 11.5 Å². The van der Waals surface area contributed by atoms with Gasteiger partial charge in [-0.05, 0) is 44.4 Å². The molecule has 0 unspecified atom stereocenters. The SMILES string of the molecule is COc1ccc(CC(=O)N2CCC[C@@H]2CN2C[C@@H](C)O[C@H](C)C2)cc1OC. The highest BCUT2D eigenvalue weighted by Gasteiger charge is 2.32. The molecular formula is C21H32N2O4. The molecule has 0 radical (unpaired) electrons. The van der Waals surface area contributed by atoms with Gasteiger partial charge in [0.05, 0.1) is 32.8 Å². The van der Waals surface area contributed by atoms with Gasteiger partial charge in [-0.2, -0.15) is 0 Å². The Kier molecular flexibility index (Phi) is 6.60. The maximum atomic E-state index is 13.0. The van der Waals surface area contributed by atoms with Crippen LogP contribution in [-0.4, -0.2) is 74.4 Å². The Morgan fingerprint density at radius 1 is 1.15 bits per heavy atom. The standard InChI is InChI=1S/C21H32N2O4/c1-15-12-22(13-16(2)27-15)14-18-6-5-9-23(18)21(24)11-17-7-8-19(25-3)20(10-17)26-4/h7-8,10,15-16,18H,5-6,9,11-14H2,1-4H3/t15-,16-,18-/m1/s1. The highest BCUT2D eigenvalue weighted by atomic mass is 16.5. The second kappa shape index (κ2) is 8.93. The summed E-state index contributed by atoms with van der Waals surface area (Å²) in [7, 11) is 3.23. The van der Waals surface area contributed by atoms with Crippen LogP contribution in [0.3, 0.4) is 0 Å². The number of carbonyl (C=O) groups is 1. The minimum absolute atomic E-state index is 0.194. The summed E-state index contributed by atoms with van der Waals surface area (Å²) in [6.07, 6.45) is 3.07. The highest BCUT2D eigenvalue weighted by Crippen LogP contribution is 2.28. The average Bonchev–Trinajstić information content (AvgIpc) is 3.08. The number of methoxy groups -OCH3 is 2. The van der Waals surface area contributed by atoms with Crippen LogP contribution in [0, 0.1) is 0 Å². The van der Waals surface area contributed by atoms with Gasteiger partial charge in [-0.1, -0.05) is 6.07 Å².